The number of carbonyl (C=O) groups is 4. The van der Waals surface area contributed by atoms with Crippen LogP contribution in [0.1, 0.15) is 20.7 Å². The van der Waals surface area contributed by atoms with Gasteiger partial charge >= 0.3 is 23.9 Å². The number of carboxylic acids is 2. The maximum atomic E-state index is 11.5. The highest BCUT2D eigenvalue weighted by atomic mass is 16.5. The largest absolute Gasteiger partial charge is 0.478 e. The molecule has 9 heteroatoms. The Kier molecular flexibility index (Phi) is 5.24. The van der Waals surface area contributed by atoms with Crippen LogP contribution in [0.15, 0.2) is 18.2 Å². The third-order valence-corrected chi connectivity index (χ3v) is 2.31. The van der Waals surface area contributed by atoms with Crippen molar-refractivity contribution in [3.63, 3.8) is 0 Å². The number of anilines is 1. The van der Waals surface area contributed by atoms with Gasteiger partial charge in [0.1, 0.15) is 6.54 Å². The third-order valence-electron chi connectivity index (χ3n) is 2.31. The van der Waals surface area contributed by atoms with Crippen molar-refractivity contribution in [3.05, 3.63) is 29.3 Å². The van der Waals surface area contributed by atoms with Gasteiger partial charge in [-0.05, 0) is 18.2 Å². The van der Waals surface area contributed by atoms with Crippen LogP contribution in [-0.2, 0) is 9.53 Å². The van der Waals surface area contributed by atoms with Gasteiger partial charge < -0.3 is 25.6 Å². The van der Waals surface area contributed by atoms with Gasteiger partial charge in [-0.2, -0.15) is 0 Å². The van der Waals surface area contributed by atoms with E-state index < -0.39 is 23.9 Å². The molecule has 0 radical (unpaired) electrons. The van der Waals surface area contributed by atoms with Gasteiger partial charge in [-0.1, -0.05) is 0 Å². The number of urea groups is 1. The fourth-order valence-corrected chi connectivity index (χ4v) is 1.35. The van der Waals surface area contributed by atoms with Crippen LogP contribution in [0.25, 0.3) is 0 Å². The SMILES string of the molecule is COC(=O)CNC(=O)Nc1cc(C(=O)O)cc(C(=O)O)c1. The number of ether oxygens (including phenoxy) is 1. The number of carbonyl (C=O) groups excluding carboxylic acids is 2. The van der Waals surface area contributed by atoms with Crippen molar-refractivity contribution in [2.24, 2.45) is 0 Å². The van der Waals surface area contributed by atoms with E-state index in [4.69, 9.17) is 10.2 Å². The Morgan fingerprint density at radius 1 is 1.05 bits per heavy atom. The predicted molar refractivity (Wildman–Crippen MR) is 69.4 cm³/mol. The molecular formula is C12H12N2O7. The van der Waals surface area contributed by atoms with E-state index in [2.05, 4.69) is 15.4 Å². The molecule has 0 aromatic heterocycles. The monoisotopic (exact) mass is 296 g/mol. The van der Waals surface area contributed by atoms with Crippen LogP contribution in [0.3, 0.4) is 0 Å². The van der Waals surface area contributed by atoms with Crippen molar-refractivity contribution in [2.75, 3.05) is 19.0 Å². The average Bonchev–Trinajstić information content (AvgIpc) is 2.44. The summed E-state index contributed by atoms with van der Waals surface area (Å²) < 4.78 is 4.32. The van der Waals surface area contributed by atoms with Crippen molar-refractivity contribution in [1.29, 1.82) is 0 Å². The fourth-order valence-electron chi connectivity index (χ4n) is 1.35. The van der Waals surface area contributed by atoms with Crippen molar-refractivity contribution in [2.45, 2.75) is 0 Å². The number of benzene rings is 1. The smallest absolute Gasteiger partial charge is 0.335 e. The molecule has 4 N–H and O–H groups in total. The number of hydrogen-bond acceptors (Lipinski definition) is 5. The first-order chi connectivity index (χ1) is 9.83. The molecule has 0 heterocycles. The van der Waals surface area contributed by atoms with Crippen molar-refractivity contribution >= 4 is 29.6 Å². The van der Waals surface area contributed by atoms with E-state index in [0.717, 1.165) is 25.3 Å². The molecule has 0 aliphatic rings. The number of hydrogen-bond donors (Lipinski definition) is 4. The van der Waals surface area contributed by atoms with Crippen LogP contribution in [0.2, 0.25) is 0 Å². The van der Waals surface area contributed by atoms with E-state index in [1.807, 2.05) is 0 Å². The van der Waals surface area contributed by atoms with Gasteiger partial charge in [-0.15, -0.1) is 0 Å². The van der Waals surface area contributed by atoms with Crippen LogP contribution in [0.5, 0.6) is 0 Å². The van der Waals surface area contributed by atoms with Crippen LogP contribution in [-0.4, -0.2) is 47.8 Å². The Morgan fingerprint density at radius 2 is 1.57 bits per heavy atom. The third kappa shape index (κ3) is 4.82. The Morgan fingerprint density at radius 3 is 2.00 bits per heavy atom. The molecule has 1 aromatic rings. The van der Waals surface area contributed by atoms with E-state index in [1.54, 1.807) is 0 Å². The zero-order valence-corrected chi connectivity index (χ0v) is 10.9. The molecule has 21 heavy (non-hydrogen) atoms. The summed E-state index contributed by atoms with van der Waals surface area (Å²) in [5, 5.41) is 22.1. The first-order valence-corrected chi connectivity index (χ1v) is 5.57. The highest BCUT2D eigenvalue weighted by Gasteiger charge is 2.13. The standard InChI is InChI=1S/C12H12N2O7/c1-21-9(15)5-13-12(20)14-8-3-6(10(16)17)2-7(4-8)11(18)19/h2-4H,5H2,1H3,(H,16,17)(H,18,19)(H2,13,14,20). The Balaban J connectivity index is 2.87. The minimum absolute atomic E-state index is 0.0327. The Bertz CT molecular complexity index is 565. The van der Waals surface area contributed by atoms with E-state index in [-0.39, 0.29) is 23.4 Å². The van der Waals surface area contributed by atoms with Crippen molar-refractivity contribution < 1.29 is 34.1 Å². The highest BCUT2D eigenvalue weighted by molar-refractivity contribution is 5.98. The van der Waals surface area contributed by atoms with Crippen LogP contribution in [0.4, 0.5) is 10.5 Å². The second kappa shape index (κ2) is 6.89. The van der Waals surface area contributed by atoms with Crippen LogP contribution >= 0.6 is 0 Å². The topological polar surface area (TPSA) is 142 Å². The first kappa shape index (κ1) is 16.0. The first-order valence-electron chi connectivity index (χ1n) is 5.57. The molecule has 1 rings (SSSR count). The van der Waals surface area contributed by atoms with E-state index in [0.29, 0.717) is 0 Å². The highest BCUT2D eigenvalue weighted by Crippen LogP contribution is 2.15. The second-order valence-electron chi connectivity index (χ2n) is 3.79. The lowest BCUT2D eigenvalue weighted by Gasteiger charge is -2.08. The molecule has 0 fully saturated rings. The summed E-state index contributed by atoms with van der Waals surface area (Å²) in [4.78, 5) is 44.1. The minimum Gasteiger partial charge on any atom is -0.478 e. The second-order valence-corrected chi connectivity index (χ2v) is 3.79. The molecule has 1 aromatic carbocycles. The molecule has 0 saturated carbocycles. The van der Waals surface area contributed by atoms with Gasteiger partial charge in [0, 0.05) is 5.69 Å². The maximum absolute atomic E-state index is 11.5. The molecule has 0 aliphatic carbocycles. The molecule has 0 spiro atoms. The minimum atomic E-state index is -1.34. The molecule has 9 nitrogen and oxygen atoms in total. The van der Waals surface area contributed by atoms with Gasteiger partial charge in [0.15, 0.2) is 0 Å². The van der Waals surface area contributed by atoms with Crippen LogP contribution < -0.4 is 10.6 Å². The summed E-state index contributed by atoms with van der Waals surface area (Å²) in [6, 6.07) is 2.33. The molecular weight excluding hydrogens is 284 g/mol. The number of amides is 2. The summed E-state index contributed by atoms with van der Waals surface area (Å²) in [6.45, 7) is -0.382. The number of carboxylic acid groups (broad SMARTS) is 2. The maximum Gasteiger partial charge on any atom is 0.335 e. The summed E-state index contributed by atoms with van der Waals surface area (Å²) in [5.74, 6) is -3.34. The number of nitrogens with one attached hydrogen (secondary N) is 2. The lowest BCUT2D eigenvalue weighted by atomic mass is 10.1. The van der Waals surface area contributed by atoms with Crippen molar-refractivity contribution in [3.8, 4) is 0 Å². The summed E-state index contributed by atoms with van der Waals surface area (Å²) >= 11 is 0. The van der Waals surface area contributed by atoms with Gasteiger partial charge in [0.25, 0.3) is 0 Å². The fraction of sp³-hybridized carbons (Fsp3) is 0.167. The Labute approximate surface area is 118 Å². The predicted octanol–water partition coefficient (Wildman–Crippen LogP) is 0.377. The van der Waals surface area contributed by atoms with E-state index >= 15 is 0 Å². The zero-order chi connectivity index (χ0) is 16.0. The molecule has 0 unspecified atom stereocenters. The zero-order valence-electron chi connectivity index (χ0n) is 10.9. The summed E-state index contributed by atoms with van der Waals surface area (Å²) in [5.41, 5.74) is -0.619. The summed E-state index contributed by atoms with van der Waals surface area (Å²) in [6.07, 6.45) is 0. The van der Waals surface area contributed by atoms with Crippen molar-refractivity contribution in [1.82, 2.24) is 5.32 Å². The van der Waals surface area contributed by atoms with Gasteiger partial charge in [-0.3, -0.25) is 4.79 Å². The Hall–Kier alpha value is -3.10. The molecule has 112 valence electrons. The van der Waals surface area contributed by atoms with Gasteiger partial charge in [-0.25, -0.2) is 14.4 Å². The number of methoxy groups -OCH3 is 1. The summed E-state index contributed by atoms with van der Waals surface area (Å²) in [7, 11) is 1.15. The lowest BCUT2D eigenvalue weighted by molar-refractivity contribution is -0.139. The van der Waals surface area contributed by atoms with Crippen LogP contribution in [0, 0.1) is 0 Å². The normalized spacial score (nSPS) is 9.57. The molecule has 0 saturated heterocycles. The van der Waals surface area contributed by atoms with E-state index in [9.17, 15) is 19.2 Å². The quantitative estimate of drug-likeness (QED) is 0.575. The number of esters is 1. The van der Waals surface area contributed by atoms with E-state index in [1.165, 1.54) is 0 Å². The molecule has 2 amide bonds. The van der Waals surface area contributed by atoms with Gasteiger partial charge in [0.2, 0.25) is 0 Å². The number of aromatic carboxylic acids is 2. The number of rotatable bonds is 5. The molecule has 0 bridgehead atoms. The molecule has 0 atom stereocenters. The average molecular weight is 296 g/mol. The molecule has 0 aliphatic heterocycles. The van der Waals surface area contributed by atoms with Gasteiger partial charge in [0.05, 0.1) is 18.2 Å². The lowest BCUT2D eigenvalue weighted by Crippen LogP contribution is -2.33.